The summed E-state index contributed by atoms with van der Waals surface area (Å²) in [5.74, 6) is 2.22. The van der Waals surface area contributed by atoms with Crippen LogP contribution in [0.1, 0.15) is 99.4 Å². The van der Waals surface area contributed by atoms with Gasteiger partial charge in [0.1, 0.15) is 22.5 Å². The van der Waals surface area contributed by atoms with E-state index in [4.69, 9.17) is 16.0 Å². The largest absolute Gasteiger partial charge is 0.455 e. The zero-order valence-electron chi connectivity index (χ0n) is 38.5. The minimum absolute atomic E-state index is 0.170. The molecule has 3 aromatic carbocycles. The van der Waals surface area contributed by atoms with Crippen LogP contribution in [0.15, 0.2) is 102 Å². The molecule has 0 spiro atoms. The van der Waals surface area contributed by atoms with E-state index in [-0.39, 0.29) is 17.9 Å². The van der Waals surface area contributed by atoms with E-state index in [1.807, 2.05) is 6.20 Å². The molecule has 9 rings (SSSR count). The quantitative estimate of drug-likeness (QED) is 0.0912. The zero-order valence-corrected chi connectivity index (χ0v) is 39.5. The summed E-state index contributed by atoms with van der Waals surface area (Å²) in [4.78, 5) is 4.99. The van der Waals surface area contributed by atoms with E-state index < -0.39 is 8.07 Å². The summed E-state index contributed by atoms with van der Waals surface area (Å²) in [6, 6.07) is 23.4. The van der Waals surface area contributed by atoms with Gasteiger partial charge in [0.2, 0.25) is 11.2 Å². The lowest BCUT2D eigenvalue weighted by atomic mass is 9.77. The molecule has 312 valence electrons. The first-order valence-corrected chi connectivity index (χ1v) is 26.2. The van der Waals surface area contributed by atoms with Crippen LogP contribution in [0.25, 0.3) is 67.0 Å². The fourth-order valence-corrected chi connectivity index (χ4v) is 12.8. The Morgan fingerprint density at radius 2 is 1.79 bits per heavy atom. The van der Waals surface area contributed by atoms with Gasteiger partial charge in [0, 0.05) is 52.2 Å². The first-order valence-electron chi connectivity index (χ1n) is 22.7. The van der Waals surface area contributed by atoms with Crippen LogP contribution in [0.2, 0.25) is 19.6 Å². The van der Waals surface area contributed by atoms with Crippen LogP contribution < -0.4 is 14.3 Å². The molecule has 0 saturated carbocycles. The number of hydrogen-bond donors (Lipinski definition) is 0. The zero-order chi connectivity index (χ0) is 43.2. The summed E-state index contributed by atoms with van der Waals surface area (Å²) in [5.41, 5.74) is 19.2. The van der Waals surface area contributed by atoms with E-state index in [0.717, 1.165) is 82.5 Å². The smallest absolute Gasteiger partial charge is 0.303 e. The van der Waals surface area contributed by atoms with Crippen LogP contribution in [0.3, 0.4) is 0 Å². The van der Waals surface area contributed by atoms with Crippen molar-refractivity contribution in [2.45, 2.75) is 119 Å². The Labute approximate surface area is 364 Å². The topological polar surface area (TPSA) is 38.7 Å². The molecule has 0 radical (unpaired) electrons. The van der Waals surface area contributed by atoms with Crippen molar-refractivity contribution in [2.24, 2.45) is 11.8 Å². The number of furan rings is 1. The van der Waals surface area contributed by atoms with Gasteiger partial charge in [0.05, 0.1) is 20.2 Å². The third-order valence-electron chi connectivity index (χ3n) is 13.7. The molecule has 6 heterocycles. The lowest BCUT2D eigenvalue weighted by Crippen LogP contribution is -2.54. The second-order valence-electron chi connectivity index (χ2n) is 19.8. The van der Waals surface area contributed by atoms with E-state index in [1.54, 1.807) is 5.19 Å². The molecule has 2 aliphatic rings. The van der Waals surface area contributed by atoms with Gasteiger partial charge in [-0.2, -0.15) is 13.7 Å². The highest BCUT2D eigenvalue weighted by Crippen LogP contribution is 2.48. The lowest BCUT2D eigenvalue weighted by molar-refractivity contribution is -0.719. The second-order valence-corrected chi connectivity index (χ2v) is 24.9. The number of rotatable bonds is 7. The molecule has 0 amide bonds. The lowest BCUT2D eigenvalue weighted by Gasteiger charge is -2.33. The molecule has 0 aliphatic carbocycles. The van der Waals surface area contributed by atoms with Gasteiger partial charge in [-0.15, -0.1) is 0 Å². The van der Waals surface area contributed by atoms with Gasteiger partial charge >= 0.3 is 5.82 Å². The van der Waals surface area contributed by atoms with Gasteiger partial charge in [-0.3, -0.25) is 4.98 Å². The second kappa shape index (κ2) is 15.2. The van der Waals surface area contributed by atoms with Gasteiger partial charge in [-0.1, -0.05) is 110 Å². The third kappa shape index (κ3) is 6.59. The Morgan fingerprint density at radius 1 is 1.02 bits per heavy atom. The number of fused-ring (bicyclic) bond motifs is 15. The molecule has 0 fully saturated rings. The molecule has 2 aliphatic heterocycles. The van der Waals surface area contributed by atoms with E-state index in [0.29, 0.717) is 5.92 Å². The predicted molar refractivity (Wildman–Crippen MR) is 259 cm³/mol. The van der Waals surface area contributed by atoms with E-state index in [1.165, 1.54) is 55.7 Å². The Balaban J connectivity index is 1.42. The molecule has 2 atom stereocenters. The van der Waals surface area contributed by atoms with Crippen LogP contribution in [-0.4, -0.2) is 17.6 Å². The van der Waals surface area contributed by atoms with Crippen LogP contribution in [0, 0.1) is 32.6 Å². The molecule has 5 nitrogen and oxygen atoms in total. The minimum atomic E-state index is -1.73. The van der Waals surface area contributed by atoms with Crippen molar-refractivity contribution in [2.75, 3.05) is 0 Å². The van der Waals surface area contributed by atoms with Crippen molar-refractivity contribution in [1.82, 2.24) is 9.55 Å². The van der Waals surface area contributed by atoms with Crippen molar-refractivity contribution >= 4 is 57.6 Å². The number of pyridine rings is 2. The van der Waals surface area contributed by atoms with Crippen LogP contribution in [0.4, 0.5) is 0 Å². The predicted octanol–water partition coefficient (Wildman–Crippen LogP) is 13.1. The average Bonchev–Trinajstić information content (AvgIpc) is 3.75. The van der Waals surface area contributed by atoms with Crippen LogP contribution >= 0.6 is 0 Å². The Bertz CT molecular complexity index is 2980. The Hall–Kier alpha value is -5.33. The molecule has 2 unspecified atom stereocenters. The highest BCUT2D eigenvalue weighted by atomic mass is 28.3. The van der Waals surface area contributed by atoms with Gasteiger partial charge < -0.3 is 4.42 Å². The molecule has 0 N–H and O–H groups in total. The summed E-state index contributed by atoms with van der Waals surface area (Å²) in [6.45, 7) is 35.2. The third-order valence-corrected chi connectivity index (χ3v) is 15.8. The first kappa shape index (κ1) is 41.0. The van der Waals surface area contributed by atoms with E-state index in [2.05, 4.69) is 168 Å². The number of benzene rings is 3. The maximum atomic E-state index is 7.19. The molecule has 0 bridgehead atoms. The maximum Gasteiger partial charge on any atom is 0.303 e. The summed E-state index contributed by atoms with van der Waals surface area (Å²) >= 11 is 0. The van der Waals surface area contributed by atoms with Gasteiger partial charge in [0.25, 0.3) is 0 Å². The van der Waals surface area contributed by atoms with Crippen molar-refractivity contribution in [3.8, 4) is 22.6 Å². The standard InChI is InChI=1S/C55H64N4OSi/c1-14-40(33(5)6)45(15-2)59-53-37(10)56-25-24-46(53)58-36(9)29-47-43(23-21-38-28-35(8)51-44-22-20-34(7)27-49(44)60-54(51)52(38)55(58)59)41-18-16-17-19-42(41)48-30-39(26-32(3)4)50(31-57(47)48)61(11,12)13/h14,16-20,22,24-25,27-28,30-33,43,47H,1,9,15,21,23,26,29H2,2-8,10-13H3/q+2/b45-40-. The van der Waals surface area contributed by atoms with Crippen molar-refractivity contribution < 1.29 is 13.6 Å². The summed E-state index contributed by atoms with van der Waals surface area (Å²) < 4.78 is 14.9. The van der Waals surface area contributed by atoms with E-state index >= 15 is 0 Å². The first-order chi connectivity index (χ1) is 29.1. The van der Waals surface area contributed by atoms with E-state index in [9.17, 15) is 0 Å². The average molecular weight is 825 g/mol. The number of allylic oxidation sites excluding steroid dienone is 4. The number of aromatic nitrogens is 4. The molecular formula is C55H64N4OSi+2. The summed E-state index contributed by atoms with van der Waals surface area (Å²) in [5, 5.41) is 3.92. The summed E-state index contributed by atoms with van der Waals surface area (Å²) in [7, 11) is -1.73. The number of imidazole rings is 1. The normalized spacial score (nSPS) is 17.0. The van der Waals surface area contributed by atoms with Crippen LogP contribution in [-0.2, 0) is 12.8 Å². The van der Waals surface area contributed by atoms with Gasteiger partial charge in [0.15, 0.2) is 23.3 Å². The monoisotopic (exact) mass is 824 g/mol. The molecule has 7 aromatic rings. The fraction of sp³-hybridized carbons (Fsp3) is 0.364. The summed E-state index contributed by atoms with van der Waals surface area (Å²) in [6.07, 6.45) is 11.2. The number of aryl methyl sites for hydroxylation is 4. The molecule has 4 aromatic heterocycles. The number of hydrogen-bond acceptors (Lipinski definition) is 2. The van der Waals surface area contributed by atoms with Crippen molar-refractivity contribution in [3.63, 3.8) is 0 Å². The maximum absolute atomic E-state index is 7.19. The fourth-order valence-electron chi connectivity index (χ4n) is 11.1. The van der Waals surface area contributed by atoms with Gasteiger partial charge in [-0.25, -0.2) is 0 Å². The molecule has 61 heavy (non-hydrogen) atoms. The SMILES string of the molecule is C=C/C(=C(\CC)n1c2[n+](c3ccnc(C)c31)C(=C)CC1C(CCc3cc(C)c4c(oc5cc(C)ccc54)c3-2)c2ccccc2-c2cc(CC(C)C)c([Si](C)(C)C)c[n+]21)C(C)C. The number of nitrogens with zero attached hydrogens (tertiary/aromatic N) is 4. The molecular weight excluding hydrogens is 761 g/mol. The minimum Gasteiger partial charge on any atom is -0.455 e. The highest BCUT2D eigenvalue weighted by Gasteiger charge is 2.45. The van der Waals surface area contributed by atoms with Crippen LogP contribution in [0.5, 0.6) is 0 Å². The highest BCUT2D eigenvalue weighted by molar-refractivity contribution is 6.89. The molecule has 0 saturated heterocycles. The Kier molecular flexibility index (Phi) is 10.2. The van der Waals surface area contributed by atoms with Crippen molar-refractivity contribution in [3.05, 3.63) is 131 Å². The molecule has 6 heteroatoms. The Morgan fingerprint density at radius 3 is 2.49 bits per heavy atom. The van der Waals surface area contributed by atoms with Gasteiger partial charge in [-0.05, 0) is 97.4 Å². The van der Waals surface area contributed by atoms with Crippen molar-refractivity contribution in [1.29, 1.82) is 0 Å².